The molecule has 1 amide bonds. The molecule has 0 unspecified atom stereocenters. The van der Waals surface area contributed by atoms with Gasteiger partial charge in [-0.25, -0.2) is 9.97 Å². The third-order valence-corrected chi connectivity index (χ3v) is 4.79. The number of anilines is 1. The summed E-state index contributed by atoms with van der Waals surface area (Å²) in [5.74, 6) is 1.82. The van der Waals surface area contributed by atoms with Crippen molar-refractivity contribution < 1.29 is 4.79 Å². The first-order valence-corrected chi connectivity index (χ1v) is 8.52. The molecule has 24 heavy (non-hydrogen) atoms. The van der Waals surface area contributed by atoms with Gasteiger partial charge in [0.1, 0.15) is 11.5 Å². The summed E-state index contributed by atoms with van der Waals surface area (Å²) >= 11 is 0. The number of fused-ring (bicyclic) bond motifs is 1. The average molecular weight is 323 g/mol. The van der Waals surface area contributed by atoms with Gasteiger partial charge in [-0.3, -0.25) is 9.78 Å². The lowest BCUT2D eigenvalue weighted by molar-refractivity contribution is -0.132. The third kappa shape index (κ3) is 2.84. The van der Waals surface area contributed by atoms with Crippen LogP contribution in [0.1, 0.15) is 30.5 Å². The highest BCUT2D eigenvalue weighted by Crippen LogP contribution is 2.29. The van der Waals surface area contributed by atoms with Gasteiger partial charge < -0.3 is 10.2 Å². The molecule has 0 radical (unpaired) electrons. The molecule has 124 valence electrons. The van der Waals surface area contributed by atoms with E-state index in [1.54, 1.807) is 11.1 Å². The van der Waals surface area contributed by atoms with E-state index in [0.29, 0.717) is 12.2 Å². The number of pyridine rings is 1. The van der Waals surface area contributed by atoms with Crippen LogP contribution in [0.2, 0.25) is 0 Å². The summed E-state index contributed by atoms with van der Waals surface area (Å²) in [4.78, 5) is 27.3. The van der Waals surface area contributed by atoms with Gasteiger partial charge in [0.25, 0.3) is 0 Å². The van der Waals surface area contributed by atoms with Gasteiger partial charge >= 0.3 is 0 Å². The van der Waals surface area contributed by atoms with Crippen molar-refractivity contribution in [3.63, 3.8) is 0 Å². The van der Waals surface area contributed by atoms with Gasteiger partial charge in [0.2, 0.25) is 5.91 Å². The van der Waals surface area contributed by atoms with E-state index in [1.165, 1.54) is 5.56 Å². The van der Waals surface area contributed by atoms with E-state index < -0.39 is 0 Å². The number of piperidine rings is 1. The summed E-state index contributed by atoms with van der Waals surface area (Å²) in [5, 5.41) is 3.57. The Morgan fingerprint density at radius 3 is 2.92 bits per heavy atom. The van der Waals surface area contributed by atoms with Crippen LogP contribution in [-0.4, -0.2) is 45.4 Å². The quantitative estimate of drug-likeness (QED) is 0.936. The fourth-order valence-corrected chi connectivity index (χ4v) is 3.48. The molecule has 0 aromatic carbocycles. The lowest BCUT2D eigenvalue weighted by Crippen LogP contribution is -2.43. The number of carbonyl (C=O) groups excluding carboxylic acids is 1. The molecule has 1 N–H and O–H groups in total. The minimum Gasteiger partial charge on any atom is -0.365 e. The van der Waals surface area contributed by atoms with Crippen LogP contribution in [0.4, 0.5) is 5.82 Å². The summed E-state index contributed by atoms with van der Waals surface area (Å²) in [6.45, 7) is 0.719. The molecular formula is C18H21N5O. The van der Waals surface area contributed by atoms with Crippen LogP contribution in [-0.2, 0) is 17.6 Å². The molecule has 4 rings (SSSR count). The maximum absolute atomic E-state index is 11.7. The van der Waals surface area contributed by atoms with Crippen LogP contribution in [0.15, 0.2) is 24.4 Å². The Morgan fingerprint density at radius 1 is 1.21 bits per heavy atom. The van der Waals surface area contributed by atoms with E-state index in [-0.39, 0.29) is 11.9 Å². The Morgan fingerprint density at radius 2 is 2.12 bits per heavy atom. The minimum absolute atomic E-state index is 0.218. The molecule has 6 heteroatoms. The van der Waals surface area contributed by atoms with Crippen molar-refractivity contribution in [2.45, 2.75) is 38.1 Å². The number of amides is 1. The second-order valence-electron chi connectivity index (χ2n) is 6.54. The lowest BCUT2D eigenvalue weighted by atomic mass is 10.1. The van der Waals surface area contributed by atoms with Crippen molar-refractivity contribution in [3.05, 3.63) is 35.7 Å². The zero-order valence-electron chi connectivity index (χ0n) is 13.8. The average Bonchev–Trinajstić information content (AvgIpc) is 3.08. The SMILES string of the molecule is CN1C[C@@H](Nc2nc(-c3ccccn3)nc3c2CCC3)CCC1=O. The number of likely N-dealkylation sites (tertiary alicyclic amines) is 1. The van der Waals surface area contributed by atoms with Crippen LogP contribution < -0.4 is 5.32 Å². The lowest BCUT2D eigenvalue weighted by Gasteiger charge is -2.31. The monoisotopic (exact) mass is 323 g/mol. The summed E-state index contributed by atoms with van der Waals surface area (Å²) in [6.07, 6.45) is 6.33. The number of hydrogen-bond acceptors (Lipinski definition) is 5. The zero-order chi connectivity index (χ0) is 16.5. The largest absolute Gasteiger partial charge is 0.365 e. The molecular weight excluding hydrogens is 302 g/mol. The van der Waals surface area contributed by atoms with Gasteiger partial charge in [0.15, 0.2) is 5.82 Å². The predicted molar refractivity (Wildman–Crippen MR) is 91.6 cm³/mol. The highest BCUT2D eigenvalue weighted by molar-refractivity contribution is 5.77. The van der Waals surface area contributed by atoms with Crippen molar-refractivity contribution in [3.8, 4) is 11.5 Å². The predicted octanol–water partition coefficient (Wildman–Crippen LogP) is 2.06. The first-order chi connectivity index (χ1) is 11.7. The van der Waals surface area contributed by atoms with E-state index in [1.807, 2.05) is 25.2 Å². The molecule has 0 bridgehead atoms. The molecule has 1 aliphatic heterocycles. The number of nitrogens with zero attached hydrogens (tertiary/aromatic N) is 4. The smallest absolute Gasteiger partial charge is 0.222 e. The zero-order valence-corrected chi connectivity index (χ0v) is 13.8. The molecule has 1 fully saturated rings. The summed E-state index contributed by atoms with van der Waals surface area (Å²) in [7, 11) is 1.86. The van der Waals surface area contributed by atoms with Gasteiger partial charge in [-0.05, 0) is 37.8 Å². The summed E-state index contributed by atoms with van der Waals surface area (Å²) in [6, 6.07) is 6.02. The Balaban J connectivity index is 1.65. The van der Waals surface area contributed by atoms with Gasteiger partial charge in [0, 0.05) is 43.5 Å². The van der Waals surface area contributed by atoms with Crippen LogP contribution in [0.3, 0.4) is 0 Å². The molecule has 0 saturated carbocycles. The second-order valence-corrected chi connectivity index (χ2v) is 6.54. The van der Waals surface area contributed by atoms with Crippen molar-refractivity contribution in [1.29, 1.82) is 0 Å². The van der Waals surface area contributed by atoms with Crippen LogP contribution in [0, 0.1) is 0 Å². The molecule has 1 atom stereocenters. The van der Waals surface area contributed by atoms with Crippen molar-refractivity contribution in [2.75, 3.05) is 18.9 Å². The topological polar surface area (TPSA) is 71.0 Å². The van der Waals surface area contributed by atoms with Crippen LogP contribution in [0.5, 0.6) is 0 Å². The van der Waals surface area contributed by atoms with Crippen molar-refractivity contribution in [2.24, 2.45) is 0 Å². The molecule has 6 nitrogen and oxygen atoms in total. The Labute approximate surface area is 141 Å². The number of hydrogen-bond donors (Lipinski definition) is 1. The normalized spacial score (nSPS) is 20.1. The van der Waals surface area contributed by atoms with Crippen molar-refractivity contribution in [1.82, 2.24) is 19.9 Å². The second kappa shape index (κ2) is 6.19. The standard InChI is InChI=1S/C18H21N5O/c1-23-11-12(8-9-16(23)24)20-17-13-5-4-7-14(13)21-18(22-17)15-6-2-3-10-19-15/h2-3,6,10,12H,4-5,7-9,11H2,1H3,(H,20,21,22)/t12-/m0/s1. The van der Waals surface area contributed by atoms with E-state index in [9.17, 15) is 4.79 Å². The highest BCUT2D eigenvalue weighted by atomic mass is 16.2. The number of rotatable bonds is 3. The first kappa shape index (κ1) is 15.1. The van der Waals surface area contributed by atoms with Gasteiger partial charge in [-0.15, -0.1) is 0 Å². The highest BCUT2D eigenvalue weighted by Gasteiger charge is 2.26. The molecule has 0 spiro atoms. The number of carbonyl (C=O) groups is 1. The van der Waals surface area contributed by atoms with Crippen LogP contribution >= 0.6 is 0 Å². The molecule has 1 aliphatic carbocycles. The number of aromatic nitrogens is 3. The van der Waals surface area contributed by atoms with Gasteiger partial charge in [-0.1, -0.05) is 6.07 Å². The fourth-order valence-electron chi connectivity index (χ4n) is 3.48. The molecule has 3 heterocycles. The van der Waals surface area contributed by atoms with Crippen molar-refractivity contribution >= 4 is 11.7 Å². The fraction of sp³-hybridized carbons (Fsp3) is 0.444. The van der Waals surface area contributed by atoms with E-state index in [4.69, 9.17) is 9.97 Å². The first-order valence-electron chi connectivity index (χ1n) is 8.52. The molecule has 2 aromatic rings. The van der Waals surface area contributed by atoms with E-state index in [0.717, 1.165) is 49.4 Å². The van der Waals surface area contributed by atoms with Crippen LogP contribution in [0.25, 0.3) is 11.5 Å². The summed E-state index contributed by atoms with van der Waals surface area (Å²) in [5.41, 5.74) is 3.16. The van der Waals surface area contributed by atoms with E-state index >= 15 is 0 Å². The molecule has 1 saturated heterocycles. The minimum atomic E-state index is 0.218. The van der Waals surface area contributed by atoms with Gasteiger partial charge in [0.05, 0.1) is 0 Å². The molecule has 2 aromatic heterocycles. The maximum Gasteiger partial charge on any atom is 0.222 e. The Kier molecular flexibility index (Phi) is 3.88. The number of nitrogens with one attached hydrogen (secondary N) is 1. The number of aryl methyl sites for hydroxylation is 1. The number of likely N-dealkylation sites (N-methyl/N-ethyl adjacent to an activating group) is 1. The van der Waals surface area contributed by atoms with E-state index in [2.05, 4.69) is 10.3 Å². The molecule has 2 aliphatic rings. The Bertz CT molecular complexity index is 762. The van der Waals surface area contributed by atoms with Gasteiger partial charge in [-0.2, -0.15) is 0 Å². The summed E-state index contributed by atoms with van der Waals surface area (Å²) < 4.78 is 0. The third-order valence-electron chi connectivity index (χ3n) is 4.79. The maximum atomic E-state index is 11.7. The Hall–Kier alpha value is -2.50.